The van der Waals surface area contributed by atoms with Crippen LogP contribution in [0.1, 0.15) is 10.5 Å². The summed E-state index contributed by atoms with van der Waals surface area (Å²) in [5.74, 6) is 4.27. The van der Waals surface area contributed by atoms with Crippen molar-refractivity contribution in [2.45, 2.75) is 24.6 Å². The third-order valence-corrected chi connectivity index (χ3v) is 2.75. The number of ether oxygens (including phenoxy) is 2. The van der Waals surface area contributed by atoms with Gasteiger partial charge in [0, 0.05) is 0 Å². The SMILES string of the molecule is Nc1c(C(=O)O[C@H]2O[C@@H](CO)[C@H](O)[C@@H]2O)ncn1N. The Labute approximate surface area is 107 Å². The van der Waals surface area contributed by atoms with Crippen molar-refractivity contribution < 1.29 is 29.6 Å². The lowest BCUT2D eigenvalue weighted by Crippen LogP contribution is -2.35. The van der Waals surface area contributed by atoms with E-state index in [4.69, 9.17) is 26.2 Å². The van der Waals surface area contributed by atoms with Crippen molar-refractivity contribution >= 4 is 11.8 Å². The molecule has 0 unspecified atom stereocenters. The highest BCUT2D eigenvalue weighted by molar-refractivity contribution is 5.92. The van der Waals surface area contributed by atoms with Gasteiger partial charge >= 0.3 is 5.97 Å². The maximum atomic E-state index is 11.7. The highest BCUT2D eigenvalue weighted by atomic mass is 16.7. The highest BCUT2D eigenvalue weighted by Gasteiger charge is 2.45. The van der Waals surface area contributed by atoms with Crippen LogP contribution < -0.4 is 11.6 Å². The van der Waals surface area contributed by atoms with Gasteiger partial charge in [-0.1, -0.05) is 0 Å². The molecule has 19 heavy (non-hydrogen) atoms. The minimum atomic E-state index is -1.47. The average Bonchev–Trinajstić information content (AvgIpc) is 2.85. The van der Waals surface area contributed by atoms with Crippen LogP contribution in [0.4, 0.5) is 5.82 Å². The Morgan fingerprint density at radius 2 is 2.21 bits per heavy atom. The highest BCUT2D eigenvalue weighted by Crippen LogP contribution is 2.23. The van der Waals surface area contributed by atoms with E-state index in [-0.39, 0.29) is 11.5 Å². The lowest BCUT2D eigenvalue weighted by atomic mass is 10.1. The normalized spacial score (nSPS) is 30.5. The number of imidazole rings is 1. The Bertz CT molecular complexity index is 477. The zero-order valence-corrected chi connectivity index (χ0v) is 9.71. The minimum Gasteiger partial charge on any atom is -0.428 e. The zero-order chi connectivity index (χ0) is 14.2. The Morgan fingerprint density at radius 3 is 2.68 bits per heavy atom. The first-order valence-electron chi connectivity index (χ1n) is 5.37. The summed E-state index contributed by atoms with van der Waals surface area (Å²) in [4.78, 5) is 15.3. The lowest BCUT2D eigenvalue weighted by molar-refractivity contribution is -0.139. The molecule has 10 nitrogen and oxygen atoms in total. The van der Waals surface area contributed by atoms with Crippen LogP contribution in [0.25, 0.3) is 0 Å². The van der Waals surface area contributed by atoms with Crippen molar-refractivity contribution in [2.75, 3.05) is 18.2 Å². The number of aliphatic hydroxyl groups excluding tert-OH is 3. The van der Waals surface area contributed by atoms with E-state index in [9.17, 15) is 15.0 Å². The Kier molecular flexibility index (Phi) is 3.57. The topological polar surface area (TPSA) is 166 Å². The number of anilines is 1. The molecule has 1 aromatic heterocycles. The van der Waals surface area contributed by atoms with E-state index in [0.717, 1.165) is 11.0 Å². The van der Waals surface area contributed by atoms with Crippen molar-refractivity contribution in [3.05, 3.63) is 12.0 Å². The summed E-state index contributed by atoms with van der Waals surface area (Å²) in [6, 6.07) is 0. The molecule has 4 atom stereocenters. The summed E-state index contributed by atoms with van der Waals surface area (Å²) in [6.07, 6.45) is -4.16. The largest absolute Gasteiger partial charge is 0.428 e. The van der Waals surface area contributed by atoms with Crippen LogP contribution in [0, 0.1) is 0 Å². The van der Waals surface area contributed by atoms with Gasteiger partial charge in [-0.2, -0.15) is 0 Å². The van der Waals surface area contributed by atoms with Crippen LogP contribution in [0.2, 0.25) is 0 Å². The van der Waals surface area contributed by atoms with E-state index < -0.39 is 37.2 Å². The molecule has 2 rings (SSSR count). The van der Waals surface area contributed by atoms with Gasteiger partial charge in [0.1, 0.15) is 24.6 Å². The zero-order valence-electron chi connectivity index (χ0n) is 9.71. The van der Waals surface area contributed by atoms with Gasteiger partial charge in [-0.05, 0) is 0 Å². The lowest BCUT2D eigenvalue weighted by Gasteiger charge is -2.14. The van der Waals surface area contributed by atoms with Gasteiger partial charge in [-0.3, -0.25) is 0 Å². The van der Waals surface area contributed by atoms with Crippen LogP contribution in [0.15, 0.2) is 6.33 Å². The summed E-state index contributed by atoms with van der Waals surface area (Å²) >= 11 is 0. The number of nitrogens with zero attached hydrogens (tertiary/aromatic N) is 2. The van der Waals surface area contributed by atoms with E-state index in [1.54, 1.807) is 0 Å². The summed E-state index contributed by atoms with van der Waals surface area (Å²) in [5.41, 5.74) is 5.24. The van der Waals surface area contributed by atoms with Crippen LogP contribution in [0.5, 0.6) is 0 Å². The second-order valence-electron chi connectivity index (χ2n) is 4.00. The number of hydrogen-bond donors (Lipinski definition) is 5. The Morgan fingerprint density at radius 1 is 1.53 bits per heavy atom. The molecule has 0 aromatic carbocycles. The van der Waals surface area contributed by atoms with Crippen molar-refractivity contribution in [3.63, 3.8) is 0 Å². The molecule has 0 radical (unpaired) electrons. The molecule has 0 aliphatic carbocycles. The van der Waals surface area contributed by atoms with Crippen molar-refractivity contribution in [3.8, 4) is 0 Å². The van der Waals surface area contributed by atoms with Crippen molar-refractivity contribution in [2.24, 2.45) is 0 Å². The fraction of sp³-hybridized carbons (Fsp3) is 0.556. The minimum absolute atomic E-state index is 0.114. The average molecular weight is 274 g/mol. The van der Waals surface area contributed by atoms with Crippen LogP contribution in [-0.4, -0.2) is 62.2 Å². The molecule has 106 valence electrons. The fourth-order valence-electron chi connectivity index (χ4n) is 1.65. The van der Waals surface area contributed by atoms with Gasteiger partial charge in [-0.25, -0.2) is 14.5 Å². The fourth-order valence-corrected chi connectivity index (χ4v) is 1.65. The first kappa shape index (κ1) is 13.5. The number of hydrogen-bond acceptors (Lipinski definition) is 9. The van der Waals surface area contributed by atoms with Gasteiger partial charge in [-0.15, -0.1) is 0 Å². The first-order chi connectivity index (χ1) is 8.95. The Hall–Kier alpha value is -1.88. The number of aromatic nitrogens is 2. The maximum Gasteiger partial charge on any atom is 0.363 e. The number of aliphatic hydroxyl groups is 3. The molecule has 7 N–H and O–H groups in total. The molecular formula is C9H14N4O6. The molecule has 1 fully saturated rings. The number of esters is 1. The van der Waals surface area contributed by atoms with Gasteiger partial charge < -0.3 is 36.4 Å². The van der Waals surface area contributed by atoms with Gasteiger partial charge in [0.2, 0.25) is 6.29 Å². The molecule has 0 bridgehead atoms. The predicted octanol–water partition coefficient (Wildman–Crippen LogP) is -3.23. The molecule has 10 heteroatoms. The summed E-state index contributed by atoms with van der Waals surface area (Å²) in [5, 5.41) is 27.9. The predicted molar refractivity (Wildman–Crippen MR) is 60.0 cm³/mol. The van der Waals surface area contributed by atoms with Crippen LogP contribution in [-0.2, 0) is 9.47 Å². The molecule has 1 aromatic rings. The maximum absolute atomic E-state index is 11.7. The van der Waals surface area contributed by atoms with E-state index in [2.05, 4.69) is 4.98 Å². The molecule has 1 aliphatic heterocycles. The first-order valence-corrected chi connectivity index (χ1v) is 5.37. The standard InChI is InChI=1S/C9H14N4O6/c10-7-4(12-2-13(7)11)8(17)19-9-6(16)5(15)3(1-14)18-9/h2-3,5-6,9,14-16H,1,10-11H2/t3-,5-,6-,9+/m0/s1. The van der Waals surface area contributed by atoms with E-state index in [1.807, 2.05) is 0 Å². The van der Waals surface area contributed by atoms with Crippen LogP contribution in [0.3, 0.4) is 0 Å². The Balaban J connectivity index is 2.06. The number of carbonyl (C=O) groups excluding carboxylic acids is 1. The second-order valence-corrected chi connectivity index (χ2v) is 4.00. The van der Waals surface area contributed by atoms with E-state index in [1.165, 1.54) is 0 Å². The molecule has 1 aliphatic rings. The van der Waals surface area contributed by atoms with Gasteiger partial charge in [0.15, 0.2) is 11.5 Å². The molecular weight excluding hydrogens is 260 g/mol. The summed E-state index contributed by atoms with van der Waals surface area (Å²) < 4.78 is 10.7. The number of rotatable bonds is 3. The second kappa shape index (κ2) is 5.01. The van der Waals surface area contributed by atoms with Crippen molar-refractivity contribution in [1.29, 1.82) is 0 Å². The third-order valence-electron chi connectivity index (χ3n) is 2.75. The summed E-state index contributed by atoms with van der Waals surface area (Å²) in [7, 11) is 0. The van der Waals surface area contributed by atoms with E-state index in [0.29, 0.717) is 0 Å². The molecule has 0 amide bonds. The van der Waals surface area contributed by atoms with Crippen molar-refractivity contribution in [1.82, 2.24) is 9.66 Å². The van der Waals surface area contributed by atoms with Gasteiger partial charge in [0.25, 0.3) is 0 Å². The number of nitrogens with two attached hydrogens (primary N) is 2. The number of nitrogen functional groups attached to an aromatic ring is 2. The van der Waals surface area contributed by atoms with Gasteiger partial charge in [0.05, 0.1) is 6.61 Å². The molecule has 2 heterocycles. The molecule has 0 spiro atoms. The molecule has 0 saturated carbocycles. The quantitative estimate of drug-likeness (QED) is 0.281. The molecule has 1 saturated heterocycles. The van der Waals surface area contributed by atoms with E-state index >= 15 is 0 Å². The summed E-state index contributed by atoms with van der Waals surface area (Å²) in [6.45, 7) is -0.522. The smallest absolute Gasteiger partial charge is 0.363 e. The third kappa shape index (κ3) is 2.33. The number of carbonyl (C=O) groups is 1. The monoisotopic (exact) mass is 274 g/mol. The van der Waals surface area contributed by atoms with Crippen LogP contribution >= 0.6 is 0 Å².